The van der Waals surface area contributed by atoms with Gasteiger partial charge in [-0.1, -0.05) is 79.5 Å². The van der Waals surface area contributed by atoms with Crippen LogP contribution >= 0.6 is 35.6 Å². The van der Waals surface area contributed by atoms with Crippen LogP contribution in [0.1, 0.15) is 53.1 Å². The maximum Gasteiger partial charge on any atom is 0.246 e. The van der Waals surface area contributed by atoms with Crippen LogP contribution in [0, 0.1) is 12.7 Å². The van der Waals surface area contributed by atoms with E-state index in [4.69, 9.17) is 37.4 Å². The molecular formula is C44H45Cl3FN3O4. The maximum absolute atomic E-state index is 13.3. The Morgan fingerprint density at radius 2 is 1.56 bits per heavy atom. The quantitative estimate of drug-likeness (QED) is 0.104. The van der Waals surface area contributed by atoms with Gasteiger partial charge in [-0.2, -0.15) is 0 Å². The van der Waals surface area contributed by atoms with E-state index < -0.39 is 5.82 Å². The number of carbonyl (C=O) groups excluding carboxylic acids is 1. The molecular weight excluding hydrogens is 760 g/mol. The molecule has 5 aromatic rings. The lowest BCUT2D eigenvalue weighted by Gasteiger charge is -2.34. The van der Waals surface area contributed by atoms with Crippen molar-refractivity contribution in [3.05, 3.63) is 153 Å². The van der Waals surface area contributed by atoms with Gasteiger partial charge in [-0.25, -0.2) is 9.37 Å². The Kier molecular flexibility index (Phi) is 15.0. The molecule has 1 saturated heterocycles. The summed E-state index contributed by atoms with van der Waals surface area (Å²) in [4.78, 5) is 21.7. The molecule has 11 heteroatoms. The number of benzene rings is 4. The molecule has 0 aliphatic carbocycles. The summed E-state index contributed by atoms with van der Waals surface area (Å²) in [6, 6.07) is 28.3. The summed E-state index contributed by atoms with van der Waals surface area (Å²) in [5.74, 6) is 2.30. The highest BCUT2D eigenvalue weighted by molar-refractivity contribution is 6.32. The first-order chi connectivity index (χ1) is 26.1. The largest absolute Gasteiger partial charge is 0.493 e. The highest BCUT2D eigenvalue weighted by Crippen LogP contribution is 2.34. The van der Waals surface area contributed by atoms with Crippen LogP contribution in [-0.4, -0.2) is 53.5 Å². The van der Waals surface area contributed by atoms with Gasteiger partial charge in [0.25, 0.3) is 0 Å². The van der Waals surface area contributed by atoms with E-state index in [1.54, 1.807) is 36.4 Å². The normalized spacial score (nSPS) is 13.2. The van der Waals surface area contributed by atoms with Gasteiger partial charge in [0.2, 0.25) is 11.8 Å². The Hall–Kier alpha value is -4.60. The van der Waals surface area contributed by atoms with Gasteiger partial charge in [0.15, 0.2) is 5.75 Å². The topological polar surface area (TPSA) is 64.1 Å². The minimum Gasteiger partial charge on any atom is -0.493 e. The number of aromatic nitrogens is 1. The van der Waals surface area contributed by atoms with Crippen LogP contribution in [0.3, 0.4) is 0 Å². The summed E-state index contributed by atoms with van der Waals surface area (Å²) in [5, 5.41) is 0.697. The van der Waals surface area contributed by atoms with Crippen LogP contribution in [0.25, 0.3) is 6.08 Å². The Labute approximate surface area is 339 Å². The SMILES string of the molecule is Cc1cc(/C=C/C(=O)N2CCN(Cc3ccc(CCOc4ccc(C(C)C)cc4)cc3)CC2)cc(Cl)c1Oc1ccc(OCc2ccc(F)cc2Cl)cn1.Cl. The van der Waals surface area contributed by atoms with Gasteiger partial charge in [0, 0.05) is 56.9 Å². The molecule has 0 unspecified atom stereocenters. The number of aryl methyl sites for hydroxylation is 1. The van der Waals surface area contributed by atoms with Crippen LogP contribution in [0.2, 0.25) is 10.0 Å². The fourth-order valence-electron chi connectivity index (χ4n) is 6.10. The van der Waals surface area contributed by atoms with Gasteiger partial charge in [-0.15, -0.1) is 12.4 Å². The molecule has 1 fully saturated rings. The summed E-state index contributed by atoms with van der Waals surface area (Å²) >= 11 is 12.7. The van der Waals surface area contributed by atoms with Crippen LogP contribution < -0.4 is 14.2 Å². The third-order valence-electron chi connectivity index (χ3n) is 9.31. The monoisotopic (exact) mass is 803 g/mol. The second-order valence-electron chi connectivity index (χ2n) is 13.7. The lowest BCUT2D eigenvalue weighted by Crippen LogP contribution is -2.47. The van der Waals surface area contributed by atoms with E-state index in [9.17, 15) is 9.18 Å². The minimum atomic E-state index is -0.403. The number of nitrogens with zero attached hydrogens (tertiary/aromatic N) is 3. The summed E-state index contributed by atoms with van der Waals surface area (Å²) in [5.41, 5.74) is 6.07. The number of pyridine rings is 1. The summed E-state index contributed by atoms with van der Waals surface area (Å²) in [7, 11) is 0. The van der Waals surface area contributed by atoms with E-state index in [1.165, 1.54) is 35.0 Å². The molecule has 55 heavy (non-hydrogen) atoms. The van der Waals surface area contributed by atoms with Crippen LogP contribution in [0.5, 0.6) is 23.1 Å². The smallest absolute Gasteiger partial charge is 0.246 e. The molecule has 0 N–H and O–H groups in total. The molecule has 4 aromatic carbocycles. The molecule has 1 aliphatic rings. The van der Waals surface area contributed by atoms with Crippen molar-refractivity contribution in [3.63, 3.8) is 0 Å². The number of amides is 1. The average molecular weight is 805 g/mol. The van der Waals surface area contributed by atoms with Crippen LogP contribution in [-0.2, 0) is 24.4 Å². The van der Waals surface area contributed by atoms with Crippen molar-refractivity contribution in [1.82, 2.24) is 14.8 Å². The van der Waals surface area contributed by atoms with Gasteiger partial charge in [-0.05, 0) is 89.2 Å². The van der Waals surface area contributed by atoms with E-state index in [-0.39, 0.29) is 24.9 Å². The van der Waals surface area contributed by atoms with Crippen molar-refractivity contribution < 1.29 is 23.4 Å². The molecule has 288 valence electrons. The zero-order valence-electron chi connectivity index (χ0n) is 31.1. The molecule has 6 rings (SSSR count). The van der Waals surface area contributed by atoms with Gasteiger partial charge in [0.1, 0.15) is 23.9 Å². The van der Waals surface area contributed by atoms with Crippen molar-refractivity contribution in [2.24, 2.45) is 0 Å². The number of hydrogen-bond acceptors (Lipinski definition) is 6. The third-order valence-corrected chi connectivity index (χ3v) is 9.95. The third kappa shape index (κ3) is 11.9. The first-order valence-electron chi connectivity index (χ1n) is 18.1. The Morgan fingerprint density at radius 3 is 2.22 bits per heavy atom. The second kappa shape index (κ2) is 19.8. The minimum absolute atomic E-state index is 0. The average Bonchev–Trinajstić information content (AvgIpc) is 3.16. The predicted octanol–water partition coefficient (Wildman–Crippen LogP) is 10.7. The maximum atomic E-state index is 13.3. The van der Waals surface area contributed by atoms with Crippen molar-refractivity contribution in [1.29, 1.82) is 0 Å². The lowest BCUT2D eigenvalue weighted by molar-refractivity contribution is -0.127. The molecule has 0 saturated carbocycles. The highest BCUT2D eigenvalue weighted by atomic mass is 35.5. The number of halogens is 4. The number of piperazine rings is 1. The molecule has 1 aromatic heterocycles. The molecule has 1 amide bonds. The van der Waals surface area contributed by atoms with Crippen LogP contribution in [0.4, 0.5) is 4.39 Å². The molecule has 0 spiro atoms. The molecule has 1 aliphatic heterocycles. The zero-order valence-corrected chi connectivity index (χ0v) is 33.5. The summed E-state index contributed by atoms with van der Waals surface area (Å²) < 4.78 is 31.0. The Morgan fingerprint density at radius 1 is 0.855 bits per heavy atom. The van der Waals surface area contributed by atoms with E-state index in [2.05, 4.69) is 60.1 Å². The predicted molar refractivity (Wildman–Crippen MR) is 221 cm³/mol. The Bertz CT molecular complexity index is 2030. The molecule has 7 nitrogen and oxygen atoms in total. The number of hydrogen-bond donors (Lipinski definition) is 0. The van der Waals surface area contributed by atoms with Gasteiger partial charge >= 0.3 is 0 Å². The van der Waals surface area contributed by atoms with Crippen molar-refractivity contribution in [2.75, 3.05) is 32.8 Å². The first kappa shape index (κ1) is 41.6. The fraction of sp³-hybridized carbons (Fsp3) is 0.273. The molecule has 0 atom stereocenters. The van der Waals surface area contributed by atoms with Gasteiger partial charge < -0.3 is 19.1 Å². The van der Waals surface area contributed by atoms with E-state index in [1.807, 2.05) is 30.0 Å². The second-order valence-corrected chi connectivity index (χ2v) is 14.5. The standard InChI is InChI=1S/C44H44Cl2FN3O4.ClH/c1-30(2)35-10-13-38(14-11-35)52-23-18-32-4-6-33(7-5-32)28-49-19-21-50(22-20-49)43(51)17-8-34-24-31(3)44(41(46)25-34)54-42-16-15-39(27-48-42)53-29-36-9-12-37(47)26-40(36)45;/h4-17,24-27,30H,18-23,28-29H2,1-3H3;1H/b17-8+;. The van der Waals surface area contributed by atoms with Crippen molar-refractivity contribution in [3.8, 4) is 23.1 Å². The number of ether oxygens (including phenoxy) is 3. The highest BCUT2D eigenvalue weighted by Gasteiger charge is 2.20. The zero-order chi connectivity index (χ0) is 38.0. The van der Waals surface area contributed by atoms with Crippen LogP contribution in [0.15, 0.2) is 103 Å². The van der Waals surface area contributed by atoms with E-state index in [0.717, 1.165) is 42.9 Å². The lowest BCUT2D eigenvalue weighted by atomic mass is 10.0. The fourth-order valence-corrected chi connectivity index (χ4v) is 6.64. The van der Waals surface area contributed by atoms with Gasteiger partial charge in [0.05, 0.1) is 22.8 Å². The summed E-state index contributed by atoms with van der Waals surface area (Å²) in [6.07, 6.45) is 5.77. The van der Waals surface area contributed by atoms with E-state index >= 15 is 0 Å². The van der Waals surface area contributed by atoms with Gasteiger partial charge in [-0.3, -0.25) is 9.69 Å². The first-order valence-corrected chi connectivity index (χ1v) is 18.9. The number of carbonyl (C=O) groups is 1. The molecule has 0 bridgehead atoms. The Balaban J connectivity index is 0.00000580. The molecule has 2 heterocycles. The van der Waals surface area contributed by atoms with Crippen molar-refractivity contribution >= 4 is 47.6 Å². The number of rotatable bonds is 14. The van der Waals surface area contributed by atoms with E-state index in [0.29, 0.717) is 58.6 Å². The summed E-state index contributed by atoms with van der Waals surface area (Å²) in [6.45, 7) is 10.9. The van der Waals surface area contributed by atoms with Crippen molar-refractivity contribution in [2.45, 2.75) is 46.3 Å². The molecule has 0 radical (unpaired) electrons.